The minimum atomic E-state index is -0.167. The van der Waals surface area contributed by atoms with E-state index in [1.807, 2.05) is 68.5 Å². The van der Waals surface area contributed by atoms with Crippen LogP contribution in [-0.4, -0.2) is 5.78 Å². The first kappa shape index (κ1) is 26.1. The molecule has 6 rings (SSSR count). The SMILES string of the molecule is O=C1C(c2ccccc2)=C([C]2[CH][CH][CH][CH]2)CC(c2ccsc2)C1c1ccccc1.[CH]1[CH][CH][CH][CH]1.[Fe+2]. The third kappa shape index (κ3) is 6.08. The molecule has 0 amide bonds. The number of thiophene rings is 1. The van der Waals surface area contributed by atoms with Crippen molar-refractivity contribution in [2.24, 2.45) is 0 Å². The normalized spacial score (nSPS) is 22.5. The molecule has 1 nitrogen and oxygen atoms in total. The molecule has 0 N–H and O–H groups in total. The van der Waals surface area contributed by atoms with Gasteiger partial charge < -0.3 is 0 Å². The van der Waals surface area contributed by atoms with E-state index in [-0.39, 0.29) is 34.7 Å². The first-order chi connectivity index (χ1) is 16.8. The number of carbonyl (C=O) groups excluding carboxylic acids is 1. The Hall–Kier alpha value is -1.93. The summed E-state index contributed by atoms with van der Waals surface area (Å²) in [5.41, 5.74) is 5.40. The molecule has 3 aliphatic carbocycles. The maximum Gasteiger partial charge on any atom is 2.00 e. The minimum absolute atomic E-state index is 0. The van der Waals surface area contributed by atoms with Gasteiger partial charge in [0.15, 0.2) is 5.78 Å². The molecule has 0 aliphatic heterocycles. The van der Waals surface area contributed by atoms with Gasteiger partial charge in [-0.05, 0) is 97.7 Å². The third-order valence-corrected chi connectivity index (χ3v) is 7.12. The standard InChI is InChI=1S/C27H21OS.C5H5.Fe/c28-27-25(20-11-3-1-4-12-20)23(19-9-7-8-10-19)17-24(22-15-16-29-18-22)26(27)21-13-5-2-6-14-21;1-2-4-5-3-1;/h1-16,18,24,26H,17H2;1-5H;/q;;+2. The molecule has 0 spiro atoms. The first-order valence-corrected chi connectivity index (χ1v) is 12.6. The van der Waals surface area contributed by atoms with Gasteiger partial charge in [0.05, 0.1) is 5.92 Å². The average molecular weight is 514 g/mol. The van der Waals surface area contributed by atoms with Crippen LogP contribution in [0.1, 0.15) is 34.9 Å². The second kappa shape index (κ2) is 12.9. The van der Waals surface area contributed by atoms with Crippen molar-refractivity contribution >= 4 is 22.7 Å². The molecular weight excluding hydrogens is 488 g/mol. The maximum atomic E-state index is 14.1. The van der Waals surface area contributed by atoms with Gasteiger partial charge >= 0.3 is 17.1 Å². The van der Waals surface area contributed by atoms with Crippen molar-refractivity contribution in [2.45, 2.75) is 18.3 Å². The third-order valence-electron chi connectivity index (χ3n) is 6.42. The summed E-state index contributed by atoms with van der Waals surface area (Å²) in [4.78, 5) is 14.1. The van der Waals surface area contributed by atoms with Crippen LogP contribution in [0.2, 0.25) is 0 Å². The zero-order chi connectivity index (χ0) is 23.2. The number of benzene rings is 2. The van der Waals surface area contributed by atoms with Gasteiger partial charge in [-0.3, -0.25) is 4.79 Å². The molecule has 2 atom stereocenters. The van der Waals surface area contributed by atoms with Gasteiger partial charge in [0.25, 0.3) is 0 Å². The van der Waals surface area contributed by atoms with Crippen molar-refractivity contribution in [1.82, 2.24) is 0 Å². The van der Waals surface area contributed by atoms with E-state index in [4.69, 9.17) is 0 Å². The summed E-state index contributed by atoms with van der Waals surface area (Å²) < 4.78 is 0. The minimum Gasteiger partial charge on any atom is -0.293 e. The summed E-state index contributed by atoms with van der Waals surface area (Å²) in [5, 5.41) is 4.31. The predicted octanol–water partition coefficient (Wildman–Crippen LogP) is 7.47. The van der Waals surface area contributed by atoms with E-state index in [1.165, 1.54) is 5.56 Å². The topological polar surface area (TPSA) is 17.1 Å². The summed E-state index contributed by atoms with van der Waals surface area (Å²) in [7, 11) is 0. The Morgan fingerprint density at radius 1 is 0.686 bits per heavy atom. The summed E-state index contributed by atoms with van der Waals surface area (Å²) in [6.07, 6.45) is 19.2. The summed E-state index contributed by atoms with van der Waals surface area (Å²) in [6.45, 7) is 0. The summed E-state index contributed by atoms with van der Waals surface area (Å²) in [6, 6.07) is 22.6. The second-order valence-electron chi connectivity index (χ2n) is 8.48. The fourth-order valence-electron chi connectivity index (χ4n) is 4.85. The fraction of sp³-hybridized carbons (Fsp3) is 0.0938. The quantitative estimate of drug-likeness (QED) is 0.330. The van der Waals surface area contributed by atoms with Crippen LogP contribution in [0.4, 0.5) is 0 Å². The molecule has 3 heteroatoms. The van der Waals surface area contributed by atoms with Crippen LogP contribution in [0, 0.1) is 63.7 Å². The summed E-state index contributed by atoms with van der Waals surface area (Å²) >= 11 is 1.70. The van der Waals surface area contributed by atoms with Gasteiger partial charge in [-0.25, -0.2) is 0 Å². The Morgan fingerprint density at radius 2 is 1.29 bits per heavy atom. The van der Waals surface area contributed by atoms with Gasteiger partial charge in [-0.1, -0.05) is 66.2 Å². The Kier molecular flexibility index (Phi) is 9.60. The number of rotatable bonds is 4. The second-order valence-corrected chi connectivity index (χ2v) is 9.26. The molecule has 35 heavy (non-hydrogen) atoms. The number of allylic oxidation sites excluding steroid dienone is 2. The number of carbonyl (C=O) groups is 1. The van der Waals surface area contributed by atoms with Crippen molar-refractivity contribution in [2.75, 3.05) is 0 Å². The van der Waals surface area contributed by atoms with Crippen LogP contribution in [-0.2, 0) is 21.9 Å². The number of ketones is 1. The molecule has 0 saturated heterocycles. The van der Waals surface area contributed by atoms with Crippen molar-refractivity contribution in [3.8, 4) is 0 Å². The van der Waals surface area contributed by atoms with E-state index in [2.05, 4.69) is 66.8 Å². The zero-order valence-electron chi connectivity index (χ0n) is 19.2. The van der Waals surface area contributed by atoms with E-state index in [1.54, 1.807) is 11.3 Å². The van der Waals surface area contributed by atoms with Crippen LogP contribution in [0.5, 0.6) is 0 Å². The Balaban J connectivity index is 0.000000431. The van der Waals surface area contributed by atoms with Crippen LogP contribution < -0.4 is 0 Å². The molecular formula is C32H26FeOS+2. The molecule has 2 saturated carbocycles. The van der Waals surface area contributed by atoms with Crippen molar-refractivity contribution in [3.05, 3.63) is 163 Å². The molecule has 172 valence electrons. The van der Waals surface area contributed by atoms with Crippen LogP contribution in [0.25, 0.3) is 5.57 Å². The monoisotopic (exact) mass is 514 g/mol. The predicted molar refractivity (Wildman–Crippen MR) is 141 cm³/mol. The van der Waals surface area contributed by atoms with Gasteiger partial charge in [-0.15, -0.1) is 0 Å². The fourth-order valence-corrected chi connectivity index (χ4v) is 5.57. The van der Waals surface area contributed by atoms with E-state index in [9.17, 15) is 4.79 Å². The van der Waals surface area contributed by atoms with E-state index < -0.39 is 0 Å². The number of hydrogen-bond acceptors (Lipinski definition) is 2. The van der Waals surface area contributed by atoms with Crippen LogP contribution in [0.15, 0.2) is 83.1 Å². The van der Waals surface area contributed by atoms with Crippen molar-refractivity contribution in [3.63, 3.8) is 0 Å². The Labute approximate surface area is 225 Å². The van der Waals surface area contributed by atoms with Crippen LogP contribution in [0.3, 0.4) is 0 Å². The summed E-state index contributed by atoms with van der Waals surface area (Å²) in [5.74, 6) is 1.36. The molecule has 10 radical (unpaired) electrons. The van der Waals surface area contributed by atoms with Gasteiger partial charge in [0.1, 0.15) is 0 Å². The smallest absolute Gasteiger partial charge is 0.293 e. The molecule has 1 heterocycles. The largest absolute Gasteiger partial charge is 2.00 e. The van der Waals surface area contributed by atoms with Crippen LogP contribution >= 0.6 is 11.3 Å². The van der Waals surface area contributed by atoms with Crippen molar-refractivity contribution in [1.29, 1.82) is 0 Å². The van der Waals surface area contributed by atoms with E-state index in [0.29, 0.717) is 0 Å². The Morgan fingerprint density at radius 3 is 1.86 bits per heavy atom. The Bertz CT molecular complexity index is 1070. The zero-order valence-corrected chi connectivity index (χ0v) is 21.2. The van der Waals surface area contributed by atoms with Crippen molar-refractivity contribution < 1.29 is 21.9 Å². The number of hydrogen-bond donors (Lipinski definition) is 0. The molecule has 3 aromatic rings. The van der Waals surface area contributed by atoms with E-state index >= 15 is 0 Å². The molecule has 3 aliphatic rings. The first-order valence-electron chi connectivity index (χ1n) is 11.6. The average Bonchev–Trinajstić information content (AvgIpc) is 3.69. The molecule has 2 unspecified atom stereocenters. The molecule has 0 bridgehead atoms. The molecule has 2 fully saturated rings. The van der Waals surface area contributed by atoms with Gasteiger partial charge in [0, 0.05) is 17.4 Å². The molecule has 2 aromatic carbocycles. The van der Waals surface area contributed by atoms with E-state index in [0.717, 1.165) is 34.6 Å². The van der Waals surface area contributed by atoms with Gasteiger partial charge in [-0.2, -0.15) is 11.3 Å². The maximum absolute atomic E-state index is 14.1. The van der Waals surface area contributed by atoms with Gasteiger partial charge in [0.2, 0.25) is 0 Å². The number of Topliss-reactive ketones (excluding diaryl/α,β-unsaturated/α-hetero) is 1. The molecule has 1 aromatic heterocycles.